The van der Waals surface area contributed by atoms with Gasteiger partial charge in [-0.15, -0.1) is 0 Å². The Bertz CT molecular complexity index is 819. The standard InChI is InChI=1S/C19H21N5O/c20-18(21)16-8-6-14(7-9-16)10-22-19(25)17-11-23-24(13-17)12-15-4-2-1-3-5-15/h1-8,11,13,16H,9-10,12H2,(H3,20,21)(H,22,25). The number of rotatable bonds is 6. The Kier molecular flexibility index (Phi) is 5.09. The zero-order valence-corrected chi connectivity index (χ0v) is 13.9. The second-order valence-electron chi connectivity index (χ2n) is 6.03. The van der Waals surface area contributed by atoms with E-state index in [4.69, 9.17) is 11.1 Å². The molecule has 4 N–H and O–H groups in total. The Labute approximate surface area is 146 Å². The number of nitrogens with two attached hydrogens (primary N) is 1. The van der Waals surface area contributed by atoms with E-state index in [2.05, 4.69) is 10.4 Å². The molecule has 0 aliphatic heterocycles. The molecule has 1 unspecified atom stereocenters. The lowest BCUT2D eigenvalue weighted by molar-refractivity contribution is 0.0957. The van der Waals surface area contributed by atoms with E-state index < -0.39 is 0 Å². The van der Waals surface area contributed by atoms with Gasteiger partial charge in [0.2, 0.25) is 0 Å². The second-order valence-corrected chi connectivity index (χ2v) is 6.03. The van der Waals surface area contributed by atoms with Gasteiger partial charge in [0, 0.05) is 18.7 Å². The fourth-order valence-corrected chi connectivity index (χ4v) is 2.65. The fourth-order valence-electron chi connectivity index (χ4n) is 2.65. The van der Waals surface area contributed by atoms with Crippen LogP contribution >= 0.6 is 0 Å². The third-order valence-corrected chi connectivity index (χ3v) is 4.11. The van der Waals surface area contributed by atoms with Gasteiger partial charge in [0.05, 0.1) is 24.1 Å². The molecule has 1 atom stereocenters. The highest BCUT2D eigenvalue weighted by Gasteiger charge is 2.13. The number of aromatic nitrogens is 2. The molecule has 1 aliphatic carbocycles. The summed E-state index contributed by atoms with van der Waals surface area (Å²) in [6, 6.07) is 9.98. The van der Waals surface area contributed by atoms with Crippen LogP contribution in [0.3, 0.4) is 0 Å². The summed E-state index contributed by atoms with van der Waals surface area (Å²) in [5.74, 6) is -0.0145. The molecule has 1 aromatic carbocycles. The fraction of sp³-hybridized carbons (Fsp3) is 0.211. The maximum Gasteiger partial charge on any atom is 0.254 e. The molecule has 0 saturated heterocycles. The first-order valence-corrected chi connectivity index (χ1v) is 8.17. The number of carbonyl (C=O) groups excluding carboxylic acids is 1. The number of amides is 1. The molecule has 0 spiro atoms. The topological polar surface area (TPSA) is 96.8 Å². The van der Waals surface area contributed by atoms with Gasteiger partial charge in [0.25, 0.3) is 5.91 Å². The first-order valence-electron chi connectivity index (χ1n) is 8.17. The van der Waals surface area contributed by atoms with Crippen molar-refractivity contribution in [3.63, 3.8) is 0 Å². The van der Waals surface area contributed by atoms with Crippen LogP contribution < -0.4 is 11.1 Å². The van der Waals surface area contributed by atoms with Crippen molar-refractivity contribution in [3.8, 4) is 0 Å². The SMILES string of the molecule is N=C(N)C1C=CC(CNC(=O)c2cnn(Cc3ccccc3)c2)=CC1. The third kappa shape index (κ3) is 4.44. The van der Waals surface area contributed by atoms with Gasteiger partial charge >= 0.3 is 0 Å². The number of benzene rings is 1. The van der Waals surface area contributed by atoms with Gasteiger partial charge in [-0.3, -0.25) is 14.9 Å². The van der Waals surface area contributed by atoms with Gasteiger partial charge in [0.15, 0.2) is 0 Å². The molecule has 128 valence electrons. The highest BCUT2D eigenvalue weighted by Crippen LogP contribution is 2.15. The summed E-state index contributed by atoms with van der Waals surface area (Å²) in [5.41, 5.74) is 8.18. The summed E-state index contributed by atoms with van der Waals surface area (Å²) >= 11 is 0. The van der Waals surface area contributed by atoms with Crippen molar-refractivity contribution in [2.24, 2.45) is 11.7 Å². The van der Waals surface area contributed by atoms with Crippen molar-refractivity contribution >= 4 is 11.7 Å². The van der Waals surface area contributed by atoms with Crippen LogP contribution in [0.2, 0.25) is 0 Å². The van der Waals surface area contributed by atoms with Crippen LogP contribution in [0.1, 0.15) is 22.3 Å². The number of carbonyl (C=O) groups is 1. The molecule has 6 heteroatoms. The minimum Gasteiger partial charge on any atom is -0.387 e. The molecule has 0 saturated carbocycles. The van der Waals surface area contributed by atoms with Crippen LogP contribution in [-0.4, -0.2) is 28.1 Å². The molecule has 0 bridgehead atoms. The maximum atomic E-state index is 12.3. The lowest BCUT2D eigenvalue weighted by Gasteiger charge is -2.15. The third-order valence-electron chi connectivity index (χ3n) is 4.11. The highest BCUT2D eigenvalue weighted by molar-refractivity contribution is 5.93. The Hall–Kier alpha value is -3.15. The predicted molar refractivity (Wildman–Crippen MR) is 97.3 cm³/mol. The molecule has 3 rings (SSSR count). The Balaban J connectivity index is 1.53. The van der Waals surface area contributed by atoms with Crippen molar-refractivity contribution in [1.82, 2.24) is 15.1 Å². The summed E-state index contributed by atoms with van der Waals surface area (Å²) in [4.78, 5) is 12.3. The molecule has 25 heavy (non-hydrogen) atoms. The van der Waals surface area contributed by atoms with Crippen LogP contribution in [-0.2, 0) is 6.54 Å². The van der Waals surface area contributed by atoms with Gasteiger partial charge < -0.3 is 11.1 Å². The van der Waals surface area contributed by atoms with E-state index in [1.807, 2.05) is 48.6 Å². The van der Waals surface area contributed by atoms with Crippen LogP contribution in [0, 0.1) is 11.3 Å². The minimum absolute atomic E-state index is 0.0318. The van der Waals surface area contributed by atoms with Gasteiger partial charge in [-0.1, -0.05) is 48.6 Å². The zero-order chi connectivity index (χ0) is 17.6. The maximum absolute atomic E-state index is 12.3. The van der Waals surface area contributed by atoms with E-state index in [0.717, 1.165) is 11.1 Å². The van der Waals surface area contributed by atoms with Crippen molar-refractivity contribution in [1.29, 1.82) is 5.41 Å². The lowest BCUT2D eigenvalue weighted by atomic mass is 9.96. The smallest absolute Gasteiger partial charge is 0.254 e. The van der Waals surface area contributed by atoms with Crippen LogP contribution in [0.25, 0.3) is 0 Å². The number of hydrogen-bond acceptors (Lipinski definition) is 3. The lowest BCUT2D eigenvalue weighted by Crippen LogP contribution is -2.26. The van der Waals surface area contributed by atoms with E-state index in [-0.39, 0.29) is 17.7 Å². The molecule has 1 amide bonds. The van der Waals surface area contributed by atoms with E-state index >= 15 is 0 Å². The van der Waals surface area contributed by atoms with Gasteiger partial charge in [-0.05, 0) is 17.6 Å². The van der Waals surface area contributed by atoms with Crippen molar-refractivity contribution in [2.75, 3.05) is 6.54 Å². The predicted octanol–water partition coefficient (Wildman–Crippen LogP) is 2.10. The van der Waals surface area contributed by atoms with E-state index in [1.165, 1.54) is 0 Å². The van der Waals surface area contributed by atoms with Crippen molar-refractivity contribution < 1.29 is 4.79 Å². The molecule has 1 heterocycles. The van der Waals surface area contributed by atoms with Gasteiger partial charge in [-0.25, -0.2) is 0 Å². The molecule has 0 radical (unpaired) electrons. The summed E-state index contributed by atoms with van der Waals surface area (Å²) in [6.07, 6.45) is 9.85. The Morgan fingerprint density at radius 3 is 2.84 bits per heavy atom. The number of allylic oxidation sites excluding steroid dienone is 1. The average molecular weight is 335 g/mol. The molecule has 2 aromatic rings. The number of nitrogens with zero attached hydrogens (tertiary/aromatic N) is 2. The van der Waals surface area contributed by atoms with E-state index in [1.54, 1.807) is 17.1 Å². The Morgan fingerprint density at radius 1 is 1.36 bits per heavy atom. The van der Waals surface area contributed by atoms with E-state index in [0.29, 0.717) is 25.1 Å². The number of hydrogen-bond donors (Lipinski definition) is 3. The largest absolute Gasteiger partial charge is 0.387 e. The summed E-state index contributed by atoms with van der Waals surface area (Å²) in [5, 5.41) is 14.6. The van der Waals surface area contributed by atoms with Gasteiger partial charge in [0.1, 0.15) is 0 Å². The first kappa shape index (κ1) is 16.7. The number of amidine groups is 1. The van der Waals surface area contributed by atoms with Crippen molar-refractivity contribution in [2.45, 2.75) is 13.0 Å². The summed E-state index contributed by atoms with van der Waals surface area (Å²) in [6.45, 7) is 1.08. The number of nitrogens with one attached hydrogen (secondary N) is 2. The van der Waals surface area contributed by atoms with E-state index in [9.17, 15) is 4.79 Å². The molecule has 6 nitrogen and oxygen atoms in total. The van der Waals surface area contributed by atoms with Gasteiger partial charge in [-0.2, -0.15) is 5.10 Å². The zero-order valence-electron chi connectivity index (χ0n) is 13.9. The van der Waals surface area contributed by atoms with Crippen LogP contribution in [0.5, 0.6) is 0 Å². The Morgan fingerprint density at radius 2 is 2.16 bits per heavy atom. The summed E-state index contributed by atoms with van der Waals surface area (Å²) in [7, 11) is 0. The second kappa shape index (κ2) is 7.61. The normalized spacial score (nSPS) is 16.3. The molecule has 1 aromatic heterocycles. The van der Waals surface area contributed by atoms with Crippen molar-refractivity contribution in [3.05, 3.63) is 77.7 Å². The molecular weight excluding hydrogens is 314 g/mol. The quantitative estimate of drug-likeness (QED) is 0.557. The first-order chi connectivity index (χ1) is 12.1. The molecule has 1 aliphatic rings. The monoisotopic (exact) mass is 335 g/mol. The molecular formula is C19H21N5O. The van der Waals surface area contributed by atoms with Crippen LogP contribution in [0.4, 0.5) is 0 Å². The highest BCUT2D eigenvalue weighted by atomic mass is 16.1. The molecule has 0 fully saturated rings. The minimum atomic E-state index is -0.151. The average Bonchev–Trinajstić information content (AvgIpc) is 3.09. The van der Waals surface area contributed by atoms with Crippen LogP contribution in [0.15, 0.2) is 66.5 Å². The summed E-state index contributed by atoms with van der Waals surface area (Å²) < 4.78 is 1.75.